The number of aliphatic hydroxyl groups is 3. The van der Waals surface area contributed by atoms with Crippen molar-refractivity contribution in [3.05, 3.63) is 0 Å². The summed E-state index contributed by atoms with van der Waals surface area (Å²) in [5.41, 5.74) is 0. The van der Waals surface area contributed by atoms with Crippen molar-refractivity contribution in [2.24, 2.45) is 0 Å². The van der Waals surface area contributed by atoms with Crippen molar-refractivity contribution in [2.45, 2.75) is 25.0 Å². The number of hydrogen-bond donors (Lipinski definition) is 5. The fourth-order valence-electron chi connectivity index (χ4n) is 0.953. The van der Waals surface area contributed by atoms with Crippen LogP contribution in [0.1, 0.15) is 12.8 Å². The molecule has 0 bridgehead atoms. The summed E-state index contributed by atoms with van der Waals surface area (Å²) in [5, 5.41) is 35.2. The minimum atomic E-state index is -0.954. The molecule has 0 unspecified atom stereocenters. The van der Waals surface area contributed by atoms with E-state index in [9.17, 15) is 4.79 Å². The highest BCUT2D eigenvalue weighted by Crippen LogP contribution is 2.03. The van der Waals surface area contributed by atoms with E-state index >= 15 is 0 Å². The Kier molecular flexibility index (Phi) is 10.9. The van der Waals surface area contributed by atoms with Crippen LogP contribution in [0.25, 0.3) is 0 Å². The Morgan fingerprint density at radius 2 is 1.93 bits per heavy atom. The Bertz CT molecular complexity index is 155. The SMILES string of the molecule is O.O=C(O)[C@@H]1CCCN1.OCC(O)CO. The highest BCUT2D eigenvalue weighted by Gasteiger charge is 2.20. The van der Waals surface area contributed by atoms with Crippen molar-refractivity contribution >= 4 is 5.97 Å². The van der Waals surface area contributed by atoms with Crippen molar-refractivity contribution in [1.29, 1.82) is 0 Å². The predicted molar refractivity (Wildman–Crippen MR) is 52.5 cm³/mol. The molecule has 1 heterocycles. The summed E-state index contributed by atoms with van der Waals surface area (Å²) in [4.78, 5) is 10.1. The van der Waals surface area contributed by atoms with Gasteiger partial charge in [-0.1, -0.05) is 0 Å². The van der Waals surface area contributed by atoms with Gasteiger partial charge in [-0.05, 0) is 19.4 Å². The zero-order chi connectivity index (χ0) is 11.0. The van der Waals surface area contributed by atoms with Crippen molar-refractivity contribution in [1.82, 2.24) is 5.32 Å². The predicted octanol–water partition coefficient (Wildman–Crippen LogP) is -2.67. The third-order valence-corrected chi connectivity index (χ3v) is 1.78. The summed E-state index contributed by atoms with van der Waals surface area (Å²) in [5.74, 6) is -0.720. The highest BCUT2D eigenvalue weighted by atomic mass is 16.4. The molecule has 1 rings (SSSR count). The van der Waals surface area contributed by atoms with E-state index in [0.717, 1.165) is 19.4 Å². The van der Waals surface area contributed by atoms with E-state index in [1.807, 2.05) is 0 Å². The van der Waals surface area contributed by atoms with Crippen molar-refractivity contribution in [2.75, 3.05) is 19.8 Å². The second-order valence-corrected chi connectivity index (χ2v) is 3.01. The first-order chi connectivity index (χ1) is 6.61. The zero-order valence-corrected chi connectivity index (χ0v) is 8.39. The van der Waals surface area contributed by atoms with E-state index in [2.05, 4.69) is 5.32 Å². The molecule has 1 fully saturated rings. The molecule has 0 aliphatic carbocycles. The van der Waals surface area contributed by atoms with E-state index in [1.165, 1.54) is 0 Å². The maximum Gasteiger partial charge on any atom is 0.320 e. The van der Waals surface area contributed by atoms with Crippen LogP contribution >= 0.6 is 0 Å². The normalized spacial score (nSPS) is 19.1. The summed E-state index contributed by atoms with van der Waals surface area (Å²) >= 11 is 0. The second-order valence-electron chi connectivity index (χ2n) is 3.01. The van der Waals surface area contributed by atoms with Gasteiger partial charge in [0.1, 0.15) is 12.1 Å². The fourth-order valence-corrected chi connectivity index (χ4v) is 0.953. The maximum atomic E-state index is 10.1. The van der Waals surface area contributed by atoms with E-state index in [1.54, 1.807) is 0 Å². The first-order valence-electron chi connectivity index (χ1n) is 4.47. The molecule has 0 saturated carbocycles. The van der Waals surface area contributed by atoms with Crippen molar-refractivity contribution < 1.29 is 30.7 Å². The topological polar surface area (TPSA) is 142 Å². The summed E-state index contributed by atoms with van der Waals surface area (Å²) in [6, 6.07) is -0.269. The van der Waals surface area contributed by atoms with Gasteiger partial charge in [0.05, 0.1) is 13.2 Å². The molecule has 7 heteroatoms. The minimum absolute atomic E-state index is 0. The van der Waals surface area contributed by atoms with Gasteiger partial charge < -0.3 is 31.2 Å². The van der Waals surface area contributed by atoms with Gasteiger partial charge in [-0.2, -0.15) is 0 Å². The molecule has 0 aromatic rings. The quantitative estimate of drug-likeness (QED) is 0.354. The Morgan fingerprint density at radius 3 is 2.07 bits per heavy atom. The molecule has 0 spiro atoms. The Balaban J connectivity index is 0. The lowest BCUT2D eigenvalue weighted by Crippen LogP contribution is -2.29. The molecule has 0 radical (unpaired) electrons. The van der Waals surface area contributed by atoms with Crippen LogP contribution in [-0.4, -0.2) is 63.8 Å². The molecule has 7 N–H and O–H groups in total. The molecule has 1 aliphatic heterocycles. The second kappa shape index (κ2) is 9.81. The van der Waals surface area contributed by atoms with Crippen LogP contribution in [0.15, 0.2) is 0 Å². The molecule has 1 aliphatic rings. The molecule has 92 valence electrons. The summed E-state index contributed by atoms with van der Waals surface area (Å²) in [7, 11) is 0. The Hall–Kier alpha value is -0.730. The molecule has 0 aromatic heterocycles. The molecule has 1 atom stereocenters. The number of aliphatic hydroxyl groups excluding tert-OH is 3. The average molecular weight is 225 g/mol. The van der Waals surface area contributed by atoms with E-state index in [4.69, 9.17) is 20.4 Å². The third-order valence-electron chi connectivity index (χ3n) is 1.78. The van der Waals surface area contributed by atoms with E-state index < -0.39 is 12.1 Å². The van der Waals surface area contributed by atoms with Crippen molar-refractivity contribution in [3.63, 3.8) is 0 Å². The molecule has 7 nitrogen and oxygen atoms in total. The number of carboxylic acid groups (broad SMARTS) is 1. The standard InChI is InChI=1S/C5H9NO2.C3H8O3.H2O/c7-5(8)4-2-1-3-6-4;4-1-3(6)2-5;/h4,6H,1-3H2,(H,7,8);3-6H,1-2H2;1H2/t4-;;/m0../s1. The number of hydrogen-bond acceptors (Lipinski definition) is 5. The third kappa shape index (κ3) is 8.28. The maximum absolute atomic E-state index is 10.1. The smallest absolute Gasteiger partial charge is 0.320 e. The molecule has 0 aromatic carbocycles. The Morgan fingerprint density at radius 1 is 1.40 bits per heavy atom. The van der Waals surface area contributed by atoms with Gasteiger partial charge in [-0.15, -0.1) is 0 Å². The highest BCUT2D eigenvalue weighted by molar-refractivity contribution is 5.73. The van der Waals surface area contributed by atoms with Crippen LogP contribution in [-0.2, 0) is 4.79 Å². The van der Waals surface area contributed by atoms with Crippen LogP contribution in [0.3, 0.4) is 0 Å². The van der Waals surface area contributed by atoms with Crippen LogP contribution in [0.5, 0.6) is 0 Å². The minimum Gasteiger partial charge on any atom is -0.480 e. The summed E-state index contributed by atoms with van der Waals surface area (Å²) < 4.78 is 0. The van der Waals surface area contributed by atoms with Crippen LogP contribution in [0.2, 0.25) is 0 Å². The number of carboxylic acids is 1. The Labute approximate surface area is 87.7 Å². The largest absolute Gasteiger partial charge is 0.480 e. The lowest BCUT2D eigenvalue weighted by molar-refractivity contribution is -0.139. The molecule has 15 heavy (non-hydrogen) atoms. The number of rotatable bonds is 3. The van der Waals surface area contributed by atoms with Crippen LogP contribution in [0, 0.1) is 0 Å². The fraction of sp³-hybridized carbons (Fsp3) is 0.875. The monoisotopic (exact) mass is 225 g/mol. The molecular formula is C8H19NO6. The van der Waals surface area contributed by atoms with Gasteiger partial charge in [0.2, 0.25) is 0 Å². The molecule has 1 saturated heterocycles. The van der Waals surface area contributed by atoms with Gasteiger partial charge in [-0.25, -0.2) is 0 Å². The average Bonchev–Trinajstić information content (AvgIpc) is 2.70. The number of carbonyl (C=O) groups is 1. The lowest BCUT2D eigenvalue weighted by Gasteiger charge is -1.99. The first kappa shape index (κ1) is 16.7. The van der Waals surface area contributed by atoms with E-state index in [-0.39, 0.29) is 24.7 Å². The first-order valence-corrected chi connectivity index (χ1v) is 4.47. The van der Waals surface area contributed by atoms with Gasteiger partial charge in [0, 0.05) is 0 Å². The van der Waals surface area contributed by atoms with Gasteiger partial charge in [-0.3, -0.25) is 4.79 Å². The van der Waals surface area contributed by atoms with Gasteiger partial charge in [0.25, 0.3) is 0 Å². The van der Waals surface area contributed by atoms with Crippen LogP contribution < -0.4 is 5.32 Å². The van der Waals surface area contributed by atoms with Crippen LogP contribution in [0.4, 0.5) is 0 Å². The van der Waals surface area contributed by atoms with E-state index in [0.29, 0.717) is 0 Å². The lowest BCUT2D eigenvalue weighted by atomic mass is 10.2. The molecule has 0 amide bonds. The summed E-state index contributed by atoms with van der Waals surface area (Å²) in [6.45, 7) is 0.129. The van der Waals surface area contributed by atoms with Crippen molar-refractivity contribution in [3.8, 4) is 0 Å². The number of aliphatic carboxylic acids is 1. The van der Waals surface area contributed by atoms with Gasteiger partial charge >= 0.3 is 5.97 Å². The summed E-state index contributed by atoms with van der Waals surface area (Å²) in [6.07, 6.45) is 0.830. The van der Waals surface area contributed by atoms with Gasteiger partial charge in [0.15, 0.2) is 0 Å². The number of nitrogens with one attached hydrogen (secondary N) is 1. The zero-order valence-electron chi connectivity index (χ0n) is 8.39. The molecular weight excluding hydrogens is 206 g/mol.